The third-order valence-corrected chi connectivity index (χ3v) is 5.93. The minimum Gasteiger partial charge on any atom is -0.726 e. The van der Waals surface area contributed by atoms with E-state index in [1.54, 1.807) is 0 Å². The van der Waals surface area contributed by atoms with Crippen LogP contribution in [0.25, 0.3) is 0 Å². The van der Waals surface area contributed by atoms with E-state index in [4.69, 9.17) is 0 Å². The second-order valence-corrected chi connectivity index (χ2v) is 9.35. The summed E-state index contributed by atoms with van der Waals surface area (Å²) in [6, 6.07) is 0. The smallest absolute Gasteiger partial charge is 0.726 e. The van der Waals surface area contributed by atoms with E-state index in [0.717, 1.165) is 12.8 Å². The Bertz CT molecular complexity index is 402. The summed E-state index contributed by atoms with van der Waals surface area (Å²) >= 11 is 0. The Balaban J connectivity index is 0. The van der Waals surface area contributed by atoms with Gasteiger partial charge in [0.2, 0.25) is 10.4 Å². The van der Waals surface area contributed by atoms with Crippen molar-refractivity contribution in [1.29, 1.82) is 0 Å². The fourth-order valence-corrected chi connectivity index (χ4v) is 4.02. The Hall–Kier alpha value is 1.51. The molecule has 0 aliphatic heterocycles. The van der Waals surface area contributed by atoms with Crippen molar-refractivity contribution in [2.45, 2.75) is 142 Å². The maximum Gasteiger partial charge on any atom is 1.00 e. The van der Waals surface area contributed by atoms with Crippen LogP contribution < -0.4 is 51.4 Å². The van der Waals surface area contributed by atoms with Gasteiger partial charge >= 0.3 is 51.4 Å². The predicted molar refractivity (Wildman–Crippen MR) is 118 cm³/mol. The average Bonchev–Trinajstić information content (AvgIpc) is 2.65. The van der Waals surface area contributed by atoms with Crippen molar-refractivity contribution >= 4 is 10.4 Å². The zero-order valence-electron chi connectivity index (χ0n) is 19.6. The van der Waals surface area contributed by atoms with E-state index in [0.29, 0.717) is 6.42 Å². The number of hydrogen-bond donors (Lipinski definition) is 0. The molecule has 0 fully saturated rings. The summed E-state index contributed by atoms with van der Waals surface area (Å²) in [5.41, 5.74) is 0. The molecular formula is C23H47KO4S. The van der Waals surface area contributed by atoms with Gasteiger partial charge in [-0.2, -0.15) is 0 Å². The molecule has 0 bridgehead atoms. The minimum atomic E-state index is -4.50. The molecule has 170 valence electrons. The van der Waals surface area contributed by atoms with Crippen LogP contribution in [0.3, 0.4) is 0 Å². The first kappa shape index (κ1) is 32.7. The summed E-state index contributed by atoms with van der Waals surface area (Å²) in [6.07, 6.45) is 27.6. The number of hydrogen-bond acceptors (Lipinski definition) is 4. The Kier molecular flexibility index (Phi) is 29.0. The Labute approximate surface area is 225 Å². The van der Waals surface area contributed by atoms with Gasteiger partial charge in [-0.3, -0.25) is 4.18 Å². The van der Waals surface area contributed by atoms with E-state index >= 15 is 0 Å². The Morgan fingerprint density at radius 3 is 1.00 bits per heavy atom. The summed E-state index contributed by atoms with van der Waals surface area (Å²) < 4.78 is 35.0. The first-order chi connectivity index (χ1) is 13.6. The molecule has 0 aromatic rings. The van der Waals surface area contributed by atoms with E-state index in [-0.39, 0.29) is 58.0 Å². The summed E-state index contributed by atoms with van der Waals surface area (Å²) in [5, 5.41) is 0. The van der Waals surface area contributed by atoms with Crippen LogP contribution in [0.1, 0.15) is 142 Å². The van der Waals surface area contributed by atoms with Crippen molar-refractivity contribution < 1.29 is 68.5 Å². The van der Waals surface area contributed by atoms with E-state index in [2.05, 4.69) is 11.1 Å². The van der Waals surface area contributed by atoms with Gasteiger partial charge in [-0.15, -0.1) is 0 Å². The monoisotopic (exact) mass is 458 g/mol. The molecule has 0 aliphatic carbocycles. The van der Waals surface area contributed by atoms with E-state index in [9.17, 15) is 13.0 Å². The first-order valence-electron chi connectivity index (χ1n) is 12.2. The molecular weight excluding hydrogens is 411 g/mol. The molecule has 4 nitrogen and oxygen atoms in total. The van der Waals surface area contributed by atoms with Crippen molar-refractivity contribution in [1.82, 2.24) is 0 Å². The van der Waals surface area contributed by atoms with E-state index in [1.807, 2.05) is 0 Å². The second kappa shape index (κ2) is 25.8. The average molecular weight is 459 g/mol. The van der Waals surface area contributed by atoms with Gasteiger partial charge in [-0.05, 0) is 6.42 Å². The molecule has 0 amide bonds. The van der Waals surface area contributed by atoms with Crippen LogP contribution in [0.5, 0.6) is 0 Å². The Morgan fingerprint density at radius 2 is 0.759 bits per heavy atom. The van der Waals surface area contributed by atoms with Crippen molar-refractivity contribution in [3.8, 4) is 0 Å². The van der Waals surface area contributed by atoms with Crippen LogP contribution in [-0.4, -0.2) is 19.6 Å². The molecule has 0 heterocycles. The number of unbranched alkanes of at least 4 members (excludes halogenated alkanes) is 20. The number of rotatable bonds is 23. The van der Waals surface area contributed by atoms with Crippen molar-refractivity contribution in [3.63, 3.8) is 0 Å². The zero-order valence-corrected chi connectivity index (χ0v) is 23.5. The van der Waals surface area contributed by atoms with Crippen LogP contribution in [0, 0.1) is 0 Å². The molecule has 29 heavy (non-hydrogen) atoms. The van der Waals surface area contributed by atoms with Crippen LogP contribution in [0.2, 0.25) is 0 Å². The molecule has 0 saturated carbocycles. The van der Waals surface area contributed by atoms with Gasteiger partial charge in [0, 0.05) is 0 Å². The summed E-state index contributed by atoms with van der Waals surface area (Å²) in [5.74, 6) is 0. The fourth-order valence-electron chi connectivity index (χ4n) is 3.70. The molecule has 0 spiro atoms. The summed E-state index contributed by atoms with van der Waals surface area (Å²) in [4.78, 5) is 0. The predicted octanol–water partition coefficient (Wildman–Crippen LogP) is 4.68. The molecule has 0 radical (unpaired) electrons. The van der Waals surface area contributed by atoms with Gasteiger partial charge in [-0.25, -0.2) is 8.42 Å². The molecule has 0 unspecified atom stereocenters. The summed E-state index contributed by atoms with van der Waals surface area (Å²) in [7, 11) is -4.50. The van der Waals surface area contributed by atoms with Crippen LogP contribution in [0.4, 0.5) is 0 Å². The summed E-state index contributed by atoms with van der Waals surface area (Å²) in [6.45, 7) is 2.31. The van der Waals surface area contributed by atoms with Crippen LogP contribution in [-0.2, 0) is 14.6 Å². The minimum absolute atomic E-state index is 0. The molecule has 0 saturated heterocycles. The molecule has 6 heteroatoms. The molecule has 0 aromatic heterocycles. The normalized spacial score (nSPS) is 11.5. The van der Waals surface area contributed by atoms with Gasteiger partial charge in [0.15, 0.2) is 0 Å². The van der Waals surface area contributed by atoms with Gasteiger partial charge in [0.05, 0.1) is 6.61 Å². The molecule has 0 aromatic carbocycles. The van der Waals surface area contributed by atoms with E-state index in [1.165, 1.54) is 116 Å². The van der Waals surface area contributed by atoms with Gasteiger partial charge in [0.1, 0.15) is 0 Å². The third-order valence-electron chi connectivity index (χ3n) is 5.48. The third kappa shape index (κ3) is 31.8. The second-order valence-electron chi connectivity index (χ2n) is 8.30. The standard InChI is InChI=1S/C23H48O4S.K/c1-2-3-4-5-6-7-8-9-10-11-12-13-14-15-16-17-18-19-20-21-22-23-27-28(24,25)26;/h2-23H2,1H3,(H,24,25,26);/q;+1/p-1. The van der Waals surface area contributed by atoms with Crippen LogP contribution >= 0.6 is 0 Å². The molecule has 0 rings (SSSR count). The Morgan fingerprint density at radius 1 is 0.517 bits per heavy atom. The quantitative estimate of drug-likeness (QED) is 0.0965. The topological polar surface area (TPSA) is 66.4 Å². The largest absolute Gasteiger partial charge is 1.00 e. The van der Waals surface area contributed by atoms with Crippen molar-refractivity contribution in [2.24, 2.45) is 0 Å². The van der Waals surface area contributed by atoms with Gasteiger partial charge in [-0.1, -0.05) is 135 Å². The SMILES string of the molecule is CCCCCCCCCCCCCCCCCCCCCCCOS(=O)(=O)[O-].[K+]. The maximum atomic E-state index is 10.3. The van der Waals surface area contributed by atoms with Gasteiger partial charge < -0.3 is 4.55 Å². The van der Waals surface area contributed by atoms with Crippen molar-refractivity contribution in [2.75, 3.05) is 6.61 Å². The molecule has 0 aliphatic rings. The molecule has 0 N–H and O–H groups in total. The first-order valence-corrected chi connectivity index (χ1v) is 13.5. The zero-order chi connectivity index (χ0) is 20.8. The molecule has 0 atom stereocenters. The fraction of sp³-hybridized carbons (Fsp3) is 1.00. The van der Waals surface area contributed by atoms with Crippen molar-refractivity contribution in [3.05, 3.63) is 0 Å². The maximum absolute atomic E-state index is 10.3. The van der Waals surface area contributed by atoms with E-state index < -0.39 is 10.4 Å². The van der Waals surface area contributed by atoms with Crippen LogP contribution in [0.15, 0.2) is 0 Å². The van der Waals surface area contributed by atoms with Gasteiger partial charge in [0.25, 0.3) is 0 Å².